The summed E-state index contributed by atoms with van der Waals surface area (Å²) < 4.78 is 5.07. The molecule has 28 heavy (non-hydrogen) atoms. The number of benzene rings is 1. The van der Waals surface area contributed by atoms with E-state index in [9.17, 15) is 4.79 Å². The van der Waals surface area contributed by atoms with Crippen LogP contribution < -0.4 is 9.64 Å². The van der Waals surface area contributed by atoms with E-state index >= 15 is 0 Å². The first-order valence-corrected chi connectivity index (χ1v) is 9.87. The van der Waals surface area contributed by atoms with Crippen LogP contribution in [0.15, 0.2) is 42.7 Å². The van der Waals surface area contributed by atoms with Gasteiger partial charge in [0.05, 0.1) is 19.5 Å². The minimum atomic E-state index is 0.0347. The molecule has 1 aromatic heterocycles. The molecule has 6 heteroatoms. The number of hydrogen-bond acceptors (Lipinski definition) is 5. The largest absolute Gasteiger partial charge is 0.480 e. The minimum absolute atomic E-state index is 0.0347. The first-order valence-electron chi connectivity index (χ1n) is 9.87. The maximum Gasteiger partial charge on any atom is 0.232 e. The third kappa shape index (κ3) is 3.15. The average molecular weight is 380 g/mol. The van der Waals surface area contributed by atoms with Crippen molar-refractivity contribution < 1.29 is 9.53 Å². The molecule has 0 unspecified atom stereocenters. The number of aromatic nitrogens is 2. The van der Waals surface area contributed by atoms with Crippen molar-refractivity contribution in [3.8, 4) is 5.88 Å². The van der Waals surface area contributed by atoms with Crippen molar-refractivity contribution in [2.45, 2.75) is 37.6 Å². The van der Waals surface area contributed by atoms with Gasteiger partial charge in [0.25, 0.3) is 0 Å². The van der Waals surface area contributed by atoms with Crippen molar-refractivity contribution in [3.05, 3.63) is 48.3 Å². The summed E-state index contributed by atoms with van der Waals surface area (Å²) >= 11 is 0. The zero-order valence-electron chi connectivity index (χ0n) is 16.9. The summed E-state index contributed by atoms with van der Waals surface area (Å²) in [6, 6.07) is 10.8. The maximum atomic E-state index is 12.8. The number of amides is 1. The monoisotopic (exact) mass is 380 g/mol. The molecule has 1 aromatic carbocycles. The Bertz CT molecular complexity index is 827. The lowest BCUT2D eigenvalue weighted by atomic mass is 9.64. The number of carbonyl (C=O) groups excluding carboxylic acids is 1. The van der Waals surface area contributed by atoms with Crippen LogP contribution in [0.5, 0.6) is 5.88 Å². The van der Waals surface area contributed by atoms with Gasteiger partial charge in [0.2, 0.25) is 11.8 Å². The molecule has 0 radical (unpaired) electrons. The van der Waals surface area contributed by atoms with Gasteiger partial charge in [-0.1, -0.05) is 30.3 Å². The van der Waals surface area contributed by atoms with Crippen LogP contribution in [0.1, 0.15) is 37.7 Å². The number of methoxy groups -OCH3 is 1. The third-order valence-corrected chi connectivity index (χ3v) is 6.73. The molecule has 2 heterocycles. The first-order chi connectivity index (χ1) is 13.5. The fourth-order valence-electron chi connectivity index (χ4n) is 4.93. The fourth-order valence-corrected chi connectivity index (χ4v) is 4.93. The number of rotatable bonds is 4. The summed E-state index contributed by atoms with van der Waals surface area (Å²) in [5.41, 5.74) is 1.45. The van der Waals surface area contributed by atoms with E-state index in [-0.39, 0.29) is 16.9 Å². The smallest absolute Gasteiger partial charge is 0.232 e. The lowest BCUT2D eigenvalue weighted by Gasteiger charge is -2.48. The highest BCUT2D eigenvalue weighted by Crippen LogP contribution is 2.52. The van der Waals surface area contributed by atoms with E-state index in [2.05, 4.69) is 59.3 Å². The lowest BCUT2D eigenvalue weighted by Crippen LogP contribution is -2.47. The summed E-state index contributed by atoms with van der Waals surface area (Å²) in [5, 5.41) is 0. The zero-order chi connectivity index (χ0) is 19.8. The molecular weight excluding hydrogens is 352 g/mol. The molecule has 2 fully saturated rings. The number of carbonyl (C=O) groups is 1. The van der Waals surface area contributed by atoms with E-state index in [0.717, 1.165) is 32.2 Å². The maximum absolute atomic E-state index is 12.8. The fraction of sp³-hybridized carbons (Fsp3) is 0.500. The Morgan fingerprint density at radius 3 is 2.32 bits per heavy atom. The Balaban J connectivity index is 1.53. The van der Waals surface area contributed by atoms with Gasteiger partial charge in [-0.25, -0.2) is 9.97 Å². The van der Waals surface area contributed by atoms with Crippen LogP contribution in [-0.2, 0) is 10.3 Å². The quantitative estimate of drug-likeness (QED) is 0.815. The second-order valence-corrected chi connectivity index (χ2v) is 8.37. The van der Waals surface area contributed by atoms with Crippen LogP contribution >= 0.6 is 0 Å². The summed E-state index contributed by atoms with van der Waals surface area (Å²) in [4.78, 5) is 25.5. The normalized spacial score (nSPS) is 27.6. The van der Waals surface area contributed by atoms with Crippen molar-refractivity contribution in [1.82, 2.24) is 14.9 Å². The molecule has 0 bridgehead atoms. The zero-order valence-corrected chi connectivity index (χ0v) is 16.9. The Kier molecular flexibility index (Phi) is 4.83. The van der Waals surface area contributed by atoms with E-state index in [0.29, 0.717) is 18.1 Å². The SMILES string of the molecule is COc1cnc(N2C[C@]3(CC[C@@](c4ccccc4)(N(C)C)CC3)CC2=O)cn1. The Hall–Kier alpha value is -2.47. The van der Waals surface area contributed by atoms with Gasteiger partial charge in [0, 0.05) is 18.5 Å². The van der Waals surface area contributed by atoms with Crippen LogP contribution in [-0.4, -0.2) is 48.5 Å². The van der Waals surface area contributed by atoms with E-state index in [1.807, 2.05) is 0 Å². The van der Waals surface area contributed by atoms with Crippen molar-refractivity contribution in [1.29, 1.82) is 0 Å². The van der Waals surface area contributed by atoms with Crippen LogP contribution in [0, 0.1) is 5.41 Å². The number of anilines is 1. The molecule has 2 aliphatic rings. The molecule has 1 saturated carbocycles. The molecule has 1 spiro atoms. The van der Waals surface area contributed by atoms with Gasteiger partial charge in [0.1, 0.15) is 0 Å². The lowest BCUT2D eigenvalue weighted by molar-refractivity contribution is -0.118. The number of nitrogens with zero attached hydrogens (tertiary/aromatic N) is 4. The third-order valence-electron chi connectivity index (χ3n) is 6.73. The molecule has 148 valence electrons. The van der Waals surface area contributed by atoms with Crippen molar-refractivity contribution in [2.24, 2.45) is 5.41 Å². The van der Waals surface area contributed by atoms with Gasteiger partial charge in [-0.2, -0.15) is 0 Å². The van der Waals surface area contributed by atoms with Gasteiger partial charge < -0.3 is 4.74 Å². The highest BCUT2D eigenvalue weighted by Gasteiger charge is 2.50. The van der Waals surface area contributed by atoms with Crippen molar-refractivity contribution in [3.63, 3.8) is 0 Å². The van der Waals surface area contributed by atoms with Crippen LogP contribution in [0.2, 0.25) is 0 Å². The van der Waals surface area contributed by atoms with E-state index in [4.69, 9.17) is 4.74 Å². The standard InChI is InChI=1S/C22H28N4O2/c1-25(2)22(17-7-5-4-6-8-17)11-9-21(10-12-22)13-20(27)26(16-21)18-14-24-19(28-3)15-23-18/h4-8,14-15H,9-13,16H2,1-3H3/t21-,22+. The summed E-state index contributed by atoms with van der Waals surface area (Å²) in [7, 11) is 5.90. The van der Waals surface area contributed by atoms with Crippen molar-refractivity contribution >= 4 is 11.7 Å². The number of ether oxygens (including phenoxy) is 1. The highest BCUT2D eigenvalue weighted by molar-refractivity contribution is 5.95. The van der Waals surface area contributed by atoms with Gasteiger partial charge in [-0.05, 0) is 50.8 Å². The van der Waals surface area contributed by atoms with Crippen LogP contribution in [0.3, 0.4) is 0 Å². The topological polar surface area (TPSA) is 58.6 Å². The van der Waals surface area contributed by atoms with E-state index in [1.54, 1.807) is 24.4 Å². The molecule has 1 aliphatic heterocycles. The Labute approximate surface area is 166 Å². The van der Waals surface area contributed by atoms with Crippen LogP contribution in [0.25, 0.3) is 0 Å². The van der Waals surface area contributed by atoms with E-state index < -0.39 is 0 Å². The Morgan fingerprint density at radius 1 is 1.04 bits per heavy atom. The first kappa shape index (κ1) is 18.9. The predicted octanol–water partition coefficient (Wildman–Crippen LogP) is 3.24. The predicted molar refractivity (Wildman–Crippen MR) is 108 cm³/mol. The molecule has 0 atom stereocenters. The summed E-state index contributed by atoms with van der Waals surface area (Å²) in [5.74, 6) is 1.23. The second kappa shape index (κ2) is 7.17. The molecule has 4 rings (SSSR count). The van der Waals surface area contributed by atoms with E-state index in [1.165, 1.54) is 5.56 Å². The minimum Gasteiger partial charge on any atom is -0.480 e. The van der Waals surface area contributed by atoms with Gasteiger partial charge in [0.15, 0.2) is 5.82 Å². The second-order valence-electron chi connectivity index (χ2n) is 8.37. The number of hydrogen-bond donors (Lipinski definition) is 0. The molecule has 6 nitrogen and oxygen atoms in total. The van der Waals surface area contributed by atoms with Gasteiger partial charge in [-0.3, -0.25) is 14.6 Å². The Morgan fingerprint density at radius 2 is 1.75 bits per heavy atom. The molecule has 1 amide bonds. The molecule has 1 saturated heterocycles. The molecule has 1 aliphatic carbocycles. The average Bonchev–Trinajstić information content (AvgIpc) is 3.05. The summed E-state index contributed by atoms with van der Waals surface area (Å²) in [6.07, 6.45) is 7.98. The van der Waals surface area contributed by atoms with Gasteiger partial charge >= 0.3 is 0 Å². The van der Waals surface area contributed by atoms with Crippen molar-refractivity contribution in [2.75, 3.05) is 32.6 Å². The van der Waals surface area contributed by atoms with Gasteiger partial charge in [-0.15, -0.1) is 0 Å². The highest BCUT2D eigenvalue weighted by atomic mass is 16.5. The molecular formula is C22H28N4O2. The summed E-state index contributed by atoms with van der Waals surface area (Å²) in [6.45, 7) is 0.727. The molecule has 2 aromatic rings. The molecule has 0 N–H and O–H groups in total. The van der Waals surface area contributed by atoms with Crippen LogP contribution in [0.4, 0.5) is 5.82 Å².